The van der Waals surface area contributed by atoms with Crippen LogP contribution in [0.25, 0.3) is 0 Å². The molecule has 1 fully saturated rings. The lowest BCUT2D eigenvalue weighted by molar-refractivity contribution is 0.190. The zero-order valence-electron chi connectivity index (χ0n) is 10.8. The molecular formula is C12H22N4O. The summed E-state index contributed by atoms with van der Waals surface area (Å²) < 4.78 is 7.16. The molecule has 5 heteroatoms. The average molecular weight is 238 g/mol. The van der Waals surface area contributed by atoms with Gasteiger partial charge in [-0.2, -0.15) is 0 Å². The maximum Gasteiger partial charge on any atom is 0.0999 e. The van der Waals surface area contributed by atoms with Crippen LogP contribution in [0.15, 0.2) is 0 Å². The van der Waals surface area contributed by atoms with Crippen molar-refractivity contribution in [2.24, 2.45) is 0 Å². The number of ether oxygens (including phenoxy) is 1. The smallest absolute Gasteiger partial charge is 0.0999 e. The summed E-state index contributed by atoms with van der Waals surface area (Å²) in [5.41, 5.74) is 2.48. The normalized spacial score (nSPS) is 15.4. The van der Waals surface area contributed by atoms with Crippen LogP contribution in [0.2, 0.25) is 0 Å². The first-order valence-electron chi connectivity index (χ1n) is 6.42. The van der Waals surface area contributed by atoms with Gasteiger partial charge in [0, 0.05) is 32.7 Å². The zero-order chi connectivity index (χ0) is 12.1. The first-order valence-corrected chi connectivity index (χ1v) is 6.42. The van der Waals surface area contributed by atoms with Crippen molar-refractivity contribution in [2.75, 3.05) is 20.8 Å². The van der Waals surface area contributed by atoms with Gasteiger partial charge in [0.15, 0.2) is 0 Å². The van der Waals surface area contributed by atoms with Gasteiger partial charge in [0.1, 0.15) is 0 Å². The number of nitrogens with one attached hydrogen (secondary N) is 1. The van der Waals surface area contributed by atoms with E-state index in [0.29, 0.717) is 5.92 Å². The molecule has 1 aliphatic carbocycles. The van der Waals surface area contributed by atoms with Gasteiger partial charge < -0.3 is 10.1 Å². The first-order chi connectivity index (χ1) is 8.36. The van der Waals surface area contributed by atoms with Crippen molar-refractivity contribution >= 4 is 0 Å². The van der Waals surface area contributed by atoms with Crippen LogP contribution in [0.1, 0.15) is 43.0 Å². The summed E-state index contributed by atoms with van der Waals surface area (Å²) in [6.45, 7) is 2.62. The lowest BCUT2D eigenvalue weighted by Crippen LogP contribution is -2.10. The Bertz CT molecular complexity index is 346. The Hall–Kier alpha value is -0.940. The van der Waals surface area contributed by atoms with Gasteiger partial charge in [-0.05, 0) is 32.7 Å². The molecule has 1 N–H and O–H groups in total. The fourth-order valence-electron chi connectivity index (χ4n) is 2.13. The molecular weight excluding hydrogens is 216 g/mol. The summed E-state index contributed by atoms with van der Waals surface area (Å²) >= 11 is 0. The van der Waals surface area contributed by atoms with Crippen molar-refractivity contribution in [1.29, 1.82) is 0 Å². The lowest BCUT2D eigenvalue weighted by atomic mass is 10.2. The largest absolute Gasteiger partial charge is 0.385 e. The Morgan fingerprint density at radius 3 is 2.88 bits per heavy atom. The minimum absolute atomic E-state index is 0.704. The quantitative estimate of drug-likeness (QED) is 0.694. The van der Waals surface area contributed by atoms with Gasteiger partial charge in [-0.15, -0.1) is 5.10 Å². The van der Waals surface area contributed by atoms with Crippen LogP contribution in [0, 0.1) is 0 Å². The maximum atomic E-state index is 5.06. The molecule has 0 aliphatic heterocycles. The third-order valence-corrected chi connectivity index (χ3v) is 3.12. The molecule has 1 aromatic heterocycles. The zero-order valence-corrected chi connectivity index (χ0v) is 10.8. The van der Waals surface area contributed by atoms with E-state index in [-0.39, 0.29) is 0 Å². The van der Waals surface area contributed by atoms with Crippen molar-refractivity contribution in [3.63, 3.8) is 0 Å². The van der Waals surface area contributed by atoms with Crippen LogP contribution in [0.5, 0.6) is 0 Å². The van der Waals surface area contributed by atoms with Gasteiger partial charge in [-0.3, -0.25) is 0 Å². The molecule has 0 aromatic carbocycles. The standard InChI is InChI=1S/C12H22N4O/c1-13-9-11-12(10-5-6-10)16(15-14-11)7-3-4-8-17-2/h10,13H,3-9H2,1-2H3. The van der Waals surface area contributed by atoms with Crippen LogP contribution >= 0.6 is 0 Å². The predicted octanol–water partition coefficient (Wildman–Crippen LogP) is 1.30. The molecule has 1 aliphatic rings. The Morgan fingerprint density at radius 1 is 1.41 bits per heavy atom. The molecule has 0 bridgehead atoms. The summed E-state index contributed by atoms with van der Waals surface area (Å²) in [6.07, 6.45) is 4.78. The van der Waals surface area contributed by atoms with Crippen molar-refractivity contribution in [2.45, 2.75) is 44.7 Å². The highest BCUT2D eigenvalue weighted by Gasteiger charge is 2.30. The molecule has 0 saturated heterocycles. The molecule has 0 radical (unpaired) electrons. The Labute approximate surface area is 103 Å². The van der Waals surface area contributed by atoms with Crippen molar-refractivity contribution in [3.8, 4) is 0 Å². The van der Waals surface area contributed by atoms with Gasteiger partial charge in [-0.1, -0.05) is 5.21 Å². The summed E-state index contributed by atoms with van der Waals surface area (Å²) in [5.74, 6) is 0.704. The summed E-state index contributed by atoms with van der Waals surface area (Å²) in [5, 5.41) is 11.7. The topological polar surface area (TPSA) is 52.0 Å². The Morgan fingerprint density at radius 2 is 2.24 bits per heavy atom. The van der Waals surface area contributed by atoms with E-state index in [2.05, 4.69) is 20.3 Å². The van der Waals surface area contributed by atoms with E-state index < -0.39 is 0 Å². The van der Waals surface area contributed by atoms with E-state index >= 15 is 0 Å². The van der Waals surface area contributed by atoms with Crippen LogP contribution in [0.4, 0.5) is 0 Å². The minimum Gasteiger partial charge on any atom is -0.385 e. The fourth-order valence-corrected chi connectivity index (χ4v) is 2.13. The second-order valence-electron chi connectivity index (χ2n) is 4.65. The van der Waals surface area contributed by atoms with Crippen LogP contribution in [0.3, 0.4) is 0 Å². The molecule has 5 nitrogen and oxygen atoms in total. The fraction of sp³-hybridized carbons (Fsp3) is 0.833. The van der Waals surface area contributed by atoms with E-state index in [4.69, 9.17) is 4.74 Å². The monoisotopic (exact) mass is 238 g/mol. The van der Waals surface area contributed by atoms with Gasteiger partial charge >= 0.3 is 0 Å². The Kier molecular flexibility index (Phi) is 4.50. The molecule has 0 unspecified atom stereocenters. The SMILES string of the molecule is CNCc1nnn(CCCCOC)c1C1CC1. The number of nitrogens with zero attached hydrogens (tertiary/aromatic N) is 3. The van der Waals surface area contributed by atoms with E-state index in [0.717, 1.165) is 38.2 Å². The molecule has 1 saturated carbocycles. The predicted molar refractivity (Wildman–Crippen MR) is 65.9 cm³/mol. The van der Waals surface area contributed by atoms with E-state index in [1.807, 2.05) is 7.05 Å². The number of methoxy groups -OCH3 is 1. The van der Waals surface area contributed by atoms with Gasteiger partial charge in [-0.25, -0.2) is 4.68 Å². The summed E-state index contributed by atoms with van der Waals surface area (Å²) in [7, 11) is 3.70. The molecule has 0 spiro atoms. The Balaban J connectivity index is 1.95. The van der Waals surface area contributed by atoms with E-state index in [9.17, 15) is 0 Å². The molecule has 0 amide bonds. The average Bonchev–Trinajstić information content (AvgIpc) is 3.09. The number of hydrogen-bond donors (Lipinski definition) is 1. The van der Waals surface area contributed by atoms with Gasteiger partial charge in [0.25, 0.3) is 0 Å². The number of rotatable bonds is 8. The number of aromatic nitrogens is 3. The van der Waals surface area contributed by atoms with Crippen molar-refractivity contribution < 1.29 is 4.74 Å². The second-order valence-corrected chi connectivity index (χ2v) is 4.65. The van der Waals surface area contributed by atoms with E-state index in [1.165, 1.54) is 18.5 Å². The number of hydrogen-bond acceptors (Lipinski definition) is 4. The number of aryl methyl sites for hydroxylation is 1. The van der Waals surface area contributed by atoms with Crippen molar-refractivity contribution in [3.05, 3.63) is 11.4 Å². The molecule has 0 atom stereocenters. The summed E-state index contributed by atoms with van der Waals surface area (Å²) in [6, 6.07) is 0. The van der Waals surface area contributed by atoms with Crippen LogP contribution in [-0.4, -0.2) is 35.8 Å². The maximum absolute atomic E-state index is 5.06. The molecule has 2 rings (SSSR count). The van der Waals surface area contributed by atoms with Gasteiger partial charge in [0.05, 0.1) is 11.4 Å². The lowest BCUT2D eigenvalue weighted by Gasteiger charge is -2.06. The molecule has 1 heterocycles. The van der Waals surface area contributed by atoms with Crippen molar-refractivity contribution in [1.82, 2.24) is 20.3 Å². The highest BCUT2D eigenvalue weighted by Crippen LogP contribution is 2.41. The van der Waals surface area contributed by atoms with Crippen LogP contribution in [-0.2, 0) is 17.8 Å². The third kappa shape index (κ3) is 3.26. The highest BCUT2D eigenvalue weighted by molar-refractivity contribution is 5.20. The first kappa shape index (κ1) is 12.5. The minimum atomic E-state index is 0.704. The third-order valence-electron chi connectivity index (χ3n) is 3.12. The summed E-state index contributed by atoms with van der Waals surface area (Å²) in [4.78, 5) is 0. The molecule has 1 aromatic rings. The molecule has 17 heavy (non-hydrogen) atoms. The molecule has 96 valence electrons. The second kappa shape index (κ2) is 6.12. The van der Waals surface area contributed by atoms with Gasteiger partial charge in [0.2, 0.25) is 0 Å². The highest BCUT2D eigenvalue weighted by atomic mass is 16.5. The number of unbranched alkanes of at least 4 members (excludes halogenated alkanes) is 1. The van der Waals surface area contributed by atoms with E-state index in [1.54, 1.807) is 7.11 Å². The van der Waals surface area contributed by atoms with Crippen LogP contribution < -0.4 is 5.32 Å².